The van der Waals surface area contributed by atoms with Crippen LogP contribution in [0.4, 0.5) is 13.2 Å². The van der Waals surface area contributed by atoms with E-state index in [0.717, 1.165) is 0 Å². The molecule has 9 atom stereocenters. The normalized spacial score (nSPS) is 20.7. The number of nitrogens with one attached hydrogen (secondary N) is 6. The molecule has 4 aromatic carbocycles. The third kappa shape index (κ3) is 30.3. The number of amides is 2. The molecule has 12 heterocycles. The molecule has 0 bridgehead atoms. The first-order chi connectivity index (χ1) is 71.4. The Morgan fingerprint density at radius 2 is 0.772 bits per heavy atom. The second-order valence-electron chi connectivity index (χ2n) is 36.2. The summed E-state index contributed by atoms with van der Waals surface area (Å²) in [4.78, 5) is 148. The van der Waals surface area contributed by atoms with Crippen LogP contribution in [0.15, 0.2) is 198 Å². The number of aromatic nitrogens is 4. The van der Waals surface area contributed by atoms with Crippen molar-refractivity contribution in [1.82, 2.24) is 71.4 Å². The molecule has 0 saturated carbocycles. The summed E-state index contributed by atoms with van der Waals surface area (Å²) >= 11 is 28.7. The van der Waals surface area contributed by atoms with Crippen molar-refractivity contribution in [1.29, 1.82) is 0 Å². The number of hydrogen-bond donors (Lipinski definition) is 8. The molecular formula is C101H116Br3Cl2F3N18O18S4. The number of nitrogens with zero attached hydrogens (tertiary/aromatic N) is 12. The smallest absolute Gasteiger partial charge is 0.338 e. The highest BCUT2D eigenvalue weighted by atomic mass is 79.9. The molecular weight excluding hydrogens is 2250 g/mol. The van der Waals surface area contributed by atoms with Crippen molar-refractivity contribution >= 4 is 187 Å². The number of ether oxygens (including phenoxy) is 8. The molecule has 8 N–H and O–H groups in total. The first-order valence-corrected chi connectivity index (χ1v) is 54.8. The average Bonchev–Trinajstić information content (AvgIpc) is 1.65. The maximum absolute atomic E-state index is 14.0. The van der Waals surface area contributed by atoms with Gasteiger partial charge in [0, 0.05) is 175 Å². The Bertz CT molecular complexity index is 6180. The van der Waals surface area contributed by atoms with Crippen molar-refractivity contribution in [2.75, 3.05) is 132 Å². The average molecular weight is 2370 g/mol. The monoisotopic (exact) mass is 2360 g/mol. The minimum Gasteiger partial charge on any atom is -0.481 e. The minimum absolute atomic E-state index is 0.0153. The van der Waals surface area contributed by atoms with Crippen molar-refractivity contribution in [3.8, 4) is 0 Å². The lowest BCUT2D eigenvalue weighted by molar-refractivity contribution is -0.143. The van der Waals surface area contributed by atoms with Gasteiger partial charge in [-0.25, -0.2) is 52.3 Å². The second kappa shape index (κ2) is 54.7. The molecule has 0 spiro atoms. The molecule has 149 heavy (non-hydrogen) atoms. The SMILES string of the molecule is CCOC(=O)C1=C(CN2CCOCC2C(=O)NC(C)C)NC(c2nccs2)=NC1c1ccc(Cl)cc1Cl.CCOC(=O)C1=C(CN2CCOCC2C(=O)NC(C)C)NC(c2nccs2)=NC1c1ccc(F)cc1Br.CCOC(=O)C1=C(CN2CCOCC2C(C)(C)CC(=O)O)NC(c2nccs2)=NC1c1ccc(F)cc1Br.CCOC(=O)C1=C(CN2CCOCC2CC(C)C(=O)O)NC(c2nccs2)=NC1c1ccc(F)cc1Br. The number of thiazole rings is 4. The Hall–Kier alpha value is -10.5. The molecule has 4 aromatic heterocycles. The van der Waals surface area contributed by atoms with E-state index in [2.05, 4.69) is 109 Å². The lowest BCUT2D eigenvalue weighted by Crippen LogP contribution is -2.56. The van der Waals surface area contributed by atoms with Gasteiger partial charge < -0.3 is 80.0 Å². The number of amidine groups is 4. The van der Waals surface area contributed by atoms with Gasteiger partial charge in [0.25, 0.3) is 0 Å². The number of carboxylic acid groups (broad SMARTS) is 2. The van der Waals surface area contributed by atoms with Gasteiger partial charge in [-0.2, -0.15) is 0 Å². The van der Waals surface area contributed by atoms with E-state index in [0.29, 0.717) is 220 Å². The first kappa shape index (κ1) is 116. The van der Waals surface area contributed by atoms with Crippen LogP contribution in [0.3, 0.4) is 0 Å². The van der Waals surface area contributed by atoms with Gasteiger partial charge in [-0.05, 0) is 132 Å². The Morgan fingerprint density at radius 1 is 0.456 bits per heavy atom. The lowest BCUT2D eigenvalue weighted by atomic mass is 9.80. The van der Waals surface area contributed by atoms with Gasteiger partial charge in [0.2, 0.25) is 11.8 Å². The number of benzene rings is 4. The van der Waals surface area contributed by atoms with Gasteiger partial charge in [-0.1, -0.05) is 116 Å². The molecule has 0 radical (unpaired) electrons. The number of esters is 4. The second-order valence-corrected chi connectivity index (χ2v) is 43.2. The van der Waals surface area contributed by atoms with Crippen LogP contribution in [-0.4, -0.2) is 289 Å². The number of aliphatic imine (C=N–C) groups is 4. The van der Waals surface area contributed by atoms with E-state index in [1.165, 1.54) is 81.7 Å². The fourth-order valence-electron chi connectivity index (χ4n) is 17.7. The lowest BCUT2D eigenvalue weighted by Gasteiger charge is -2.45. The van der Waals surface area contributed by atoms with E-state index in [1.807, 2.05) is 72.9 Å². The van der Waals surface area contributed by atoms with Crippen LogP contribution in [0, 0.1) is 28.8 Å². The van der Waals surface area contributed by atoms with Crippen molar-refractivity contribution in [3.63, 3.8) is 0 Å². The zero-order valence-corrected chi connectivity index (χ0v) is 92.9. The van der Waals surface area contributed by atoms with Crippen LogP contribution < -0.4 is 31.9 Å². The third-order valence-electron chi connectivity index (χ3n) is 24.6. The molecule has 8 aromatic rings. The largest absolute Gasteiger partial charge is 0.481 e. The Labute approximate surface area is 911 Å². The van der Waals surface area contributed by atoms with Crippen LogP contribution in [0.25, 0.3) is 0 Å². The topological polar surface area (TPSA) is 437 Å². The summed E-state index contributed by atoms with van der Waals surface area (Å²) in [6.45, 7) is 27.1. The zero-order chi connectivity index (χ0) is 107. The molecule has 36 nitrogen and oxygen atoms in total. The first-order valence-electron chi connectivity index (χ1n) is 48.2. The molecule has 8 aliphatic heterocycles. The number of hydrogen-bond acceptors (Lipinski definition) is 36. The summed E-state index contributed by atoms with van der Waals surface area (Å²) < 4.78 is 87.7. The van der Waals surface area contributed by atoms with Crippen LogP contribution in [0.5, 0.6) is 0 Å². The van der Waals surface area contributed by atoms with Crippen LogP contribution >= 0.6 is 116 Å². The summed E-state index contributed by atoms with van der Waals surface area (Å²) in [5.74, 6) is -3.99. The molecule has 0 aliphatic carbocycles. The van der Waals surface area contributed by atoms with E-state index in [-0.39, 0.29) is 95.1 Å². The highest BCUT2D eigenvalue weighted by Gasteiger charge is 2.46. The molecule has 2 amide bonds. The van der Waals surface area contributed by atoms with Crippen molar-refractivity contribution in [2.45, 2.75) is 149 Å². The quantitative estimate of drug-likeness (QED) is 0.0137. The number of carbonyl (C=O) groups excluding carboxylic acids is 6. The van der Waals surface area contributed by atoms with Gasteiger partial charge in [-0.15, -0.1) is 45.3 Å². The summed E-state index contributed by atoms with van der Waals surface area (Å²) in [6, 6.07) is 13.3. The zero-order valence-electron chi connectivity index (χ0n) is 83.4. The van der Waals surface area contributed by atoms with Crippen LogP contribution in [0.2, 0.25) is 10.0 Å². The standard InChI is InChI=1S/C26H30BrFN4O5S.C25H29BrFN5O4S.C25H28BrFN4O5S.C25H29Cl2N5O4S/c1-4-37-25(35)21-18(13-32-8-9-36-14-19(32)26(2,3)12-20(33)34)30-23(24-29-7-10-38-24)31-22(21)16-6-5-15(28)11-17(16)27;1-4-36-25(34)20-18(12-32-8-9-35-13-19(32)23(33)29-14(2)3)30-22(24-28-7-10-37-24)31-21(20)16-6-5-15(27)11-17(16)26;1-3-36-25(34)20-19(12-31-7-8-35-13-16(31)10-14(2)24(32)33)29-22(23-28-6-9-37-23)30-21(20)17-5-4-15(27)11-18(17)26;1-4-36-25(34)20-18(12-32-8-9-35-13-19(32)23(33)29-14(2)3)30-22(24-28-7-10-37-24)31-21(20)16-6-5-15(26)11-17(16)27/h5-7,10-11,19,22H,4,8-9,12-14H2,1-3H3,(H,30,31)(H,33,34);5-7,10-11,14,19,21H,4,8-9,12-13H2,1-3H3,(H,29,33)(H,30,31);4-6,9,11,14,16,21H,3,7-8,10,12-13H2,1-2H3,(H,29,30)(H,32,33);5-7,10-11,14,19,21H,4,8-9,12-13H2,1-3H3,(H,29,33)(H,30,31). The summed E-state index contributed by atoms with van der Waals surface area (Å²) in [6.07, 6.45) is 7.06. The van der Waals surface area contributed by atoms with Gasteiger partial charge >= 0.3 is 35.8 Å². The van der Waals surface area contributed by atoms with E-state index in [9.17, 15) is 61.7 Å². The summed E-state index contributed by atoms with van der Waals surface area (Å²) in [5, 5.41) is 48.9. The van der Waals surface area contributed by atoms with Crippen LogP contribution in [0.1, 0.15) is 155 Å². The number of halogens is 8. The highest BCUT2D eigenvalue weighted by Crippen LogP contribution is 2.45. The van der Waals surface area contributed by atoms with Crippen molar-refractivity contribution < 1.29 is 99.6 Å². The van der Waals surface area contributed by atoms with E-state index >= 15 is 0 Å². The molecule has 798 valence electrons. The number of rotatable bonds is 34. The Balaban J connectivity index is 0.000000166. The molecule has 16 rings (SSSR count). The van der Waals surface area contributed by atoms with Crippen molar-refractivity contribution in [3.05, 3.63) is 247 Å². The number of carboxylic acids is 2. The fourth-order valence-corrected chi connectivity index (χ4v) is 22.2. The van der Waals surface area contributed by atoms with Gasteiger partial charge in [0.1, 0.15) is 53.7 Å². The van der Waals surface area contributed by atoms with E-state index in [4.69, 9.17) is 81.1 Å². The highest BCUT2D eigenvalue weighted by molar-refractivity contribution is 9.11. The Morgan fingerprint density at radius 3 is 1.09 bits per heavy atom. The van der Waals surface area contributed by atoms with E-state index < -0.39 is 101 Å². The summed E-state index contributed by atoms with van der Waals surface area (Å²) in [7, 11) is 0. The number of morpholine rings is 4. The number of aliphatic carboxylic acids is 2. The van der Waals surface area contributed by atoms with Crippen molar-refractivity contribution in [2.24, 2.45) is 31.3 Å². The molecule has 4 fully saturated rings. The molecule has 48 heteroatoms. The maximum Gasteiger partial charge on any atom is 0.338 e. The minimum atomic E-state index is -0.887. The molecule has 8 aliphatic rings. The molecule has 4 saturated heterocycles. The van der Waals surface area contributed by atoms with Gasteiger partial charge in [-0.3, -0.25) is 58.7 Å². The predicted molar refractivity (Wildman–Crippen MR) is 570 cm³/mol. The fraction of sp³-hybridized carbons (Fsp3) is 0.446. The van der Waals surface area contributed by atoms with E-state index in [1.54, 1.807) is 95.8 Å². The molecule has 9 unspecified atom stereocenters. The third-order valence-corrected chi connectivity index (χ3v) is 30.3. The number of carbonyl (C=O) groups is 8. The van der Waals surface area contributed by atoms with Crippen LogP contribution in [-0.2, 0) is 76.3 Å². The summed E-state index contributed by atoms with van der Waals surface area (Å²) in [5.41, 5.74) is 5.32. The van der Waals surface area contributed by atoms with Gasteiger partial charge in [0.15, 0.2) is 43.4 Å². The van der Waals surface area contributed by atoms with Gasteiger partial charge in [0.05, 0.1) is 114 Å². The predicted octanol–water partition coefficient (Wildman–Crippen LogP) is 14.7. The Kier molecular flexibility index (Phi) is 42.4. The maximum atomic E-state index is 14.0.